The lowest BCUT2D eigenvalue weighted by atomic mass is 9.95. The van der Waals surface area contributed by atoms with Crippen molar-refractivity contribution in [3.63, 3.8) is 0 Å². The van der Waals surface area contributed by atoms with Gasteiger partial charge in [-0.1, -0.05) is 57.2 Å². The van der Waals surface area contributed by atoms with Gasteiger partial charge >= 0.3 is 11.9 Å². The molecule has 0 bridgehead atoms. The molecule has 7 heteroatoms. The maximum Gasteiger partial charge on any atom is 0.338 e. The van der Waals surface area contributed by atoms with Crippen LogP contribution in [0.5, 0.6) is 0 Å². The van der Waals surface area contributed by atoms with E-state index in [-0.39, 0.29) is 24.8 Å². The van der Waals surface area contributed by atoms with Gasteiger partial charge < -0.3 is 25.7 Å². The fourth-order valence-electron chi connectivity index (χ4n) is 4.51. The zero-order chi connectivity index (χ0) is 27.2. The summed E-state index contributed by atoms with van der Waals surface area (Å²) in [5, 5.41) is 0. The Morgan fingerprint density at radius 2 is 1.58 bits per heavy atom. The minimum atomic E-state index is -0.490. The SMILES string of the molecule is CCCCCCCCOC1CCC(OC(=O)c2ccc(C=CC(=O)OCc3ccc(N)cc3N)cc2)CC1. The Kier molecular flexibility index (Phi) is 12.2. The smallest absolute Gasteiger partial charge is 0.338 e. The van der Waals surface area contributed by atoms with Gasteiger partial charge in [-0.2, -0.15) is 0 Å². The number of ether oxygens (including phenoxy) is 3. The molecule has 0 aliphatic heterocycles. The fraction of sp³-hybridized carbons (Fsp3) is 0.484. The summed E-state index contributed by atoms with van der Waals surface area (Å²) in [6.45, 7) is 3.13. The van der Waals surface area contributed by atoms with E-state index in [0.717, 1.165) is 44.3 Å². The van der Waals surface area contributed by atoms with Gasteiger partial charge in [0.15, 0.2) is 0 Å². The molecule has 0 spiro atoms. The maximum absolute atomic E-state index is 12.6. The molecular formula is C31H42N2O5. The Hall–Kier alpha value is -3.32. The quantitative estimate of drug-likeness (QED) is 0.127. The molecule has 4 N–H and O–H groups in total. The van der Waals surface area contributed by atoms with Crippen LogP contribution in [0.25, 0.3) is 6.08 Å². The number of nitrogen functional groups attached to an aromatic ring is 2. The van der Waals surface area contributed by atoms with Gasteiger partial charge in [0, 0.05) is 29.6 Å². The van der Waals surface area contributed by atoms with Crippen LogP contribution >= 0.6 is 0 Å². The molecule has 1 saturated carbocycles. The Balaban J connectivity index is 1.34. The predicted molar refractivity (Wildman–Crippen MR) is 151 cm³/mol. The molecule has 0 atom stereocenters. The Morgan fingerprint density at radius 1 is 0.895 bits per heavy atom. The number of rotatable bonds is 14. The van der Waals surface area contributed by atoms with Gasteiger partial charge in [0.25, 0.3) is 0 Å². The van der Waals surface area contributed by atoms with Gasteiger partial charge in [-0.05, 0) is 68.0 Å². The van der Waals surface area contributed by atoms with E-state index in [2.05, 4.69) is 6.92 Å². The van der Waals surface area contributed by atoms with Crippen molar-refractivity contribution in [2.75, 3.05) is 18.1 Å². The predicted octanol–water partition coefficient (Wildman–Crippen LogP) is 6.45. The zero-order valence-electron chi connectivity index (χ0n) is 22.5. The van der Waals surface area contributed by atoms with Crippen molar-refractivity contribution < 1.29 is 23.8 Å². The highest BCUT2D eigenvalue weighted by Crippen LogP contribution is 2.25. The van der Waals surface area contributed by atoms with Crippen LogP contribution in [0.1, 0.15) is 92.6 Å². The second-order valence-electron chi connectivity index (χ2n) is 9.96. The summed E-state index contributed by atoms with van der Waals surface area (Å²) >= 11 is 0. The molecule has 7 nitrogen and oxygen atoms in total. The Morgan fingerprint density at radius 3 is 2.29 bits per heavy atom. The van der Waals surface area contributed by atoms with E-state index < -0.39 is 5.97 Å². The summed E-state index contributed by atoms with van der Waals surface area (Å²) in [5.41, 5.74) is 14.5. The van der Waals surface area contributed by atoms with E-state index in [1.165, 1.54) is 38.2 Å². The molecule has 0 amide bonds. The van der Waals surface area contributed by atoms with Gasteiger partial charge in [0.05, 0.1) is 11.7 Å². The summed E-state index contributed by atoms with van der Waals surface area (Å²) in [6.07, 6.45) is 14.3. The number of esters is 2. The average Bonchev–Trinajstić information content (AvgIpc) is 2.92. The number of hydrogen-bond acceptors (Lipinski definition) is 7. The monoisotopic (exact) mass is 522 g/mol. The highest BCUT2D eigenvalue weighted by atomic mass is 16.5. The molecule has 1 fully saturated rings. The maximum atomic E-state index is 12.6. The summed E-state index contributed by atoms with van der Waals surface area (Å²) in [7, 11) is 0. The van der Waals surface area contributed by atoms with E-state index in [9.17, 15) is 9.59 Å². The number of carbonyl (C=O) groups is 2. The second-order valence-corrected chi connectivity index (χ2v) is 9.96. The van der Waals surface area contributed by atoms with Crippen LogP contribution in [0.15, 0.2) is 48.5 Å². The Bertz CT molecular complexity index is 1040. The molecule has 0 unspecified atom stereocenters. The summed E-state index contributed by atoms with van der Waals surface area (Å²) in [6, 6.07) is 12.0. The lowest BCUT2D eigenvalue weighted by Crippen LogP contribution is -2.28. The summed E-state index contributed by atoms with van der Waals surface area (Å²) in [5.74, 6) is -0.811. The molecule has 0 saturated heterocycles. The minimum absolute atomic E-state index is 0.0627. The van der Waals surface area contributed by atoms with E-state index >= 15 is 0 Å². The van der Waals surface area contributed by atoms with Crippen LogP contribution in [0.3, 0.4) is 0 Å². The van der Waals surface area contributed by atoms with Crippen molar-refractivity contribution in [3.8, 4) is 0 Å². The van der Waals surface area contributed by atoms with Crippen molar-refractivity contribution in [3.05, 3.63) is 65.2 Å². The molecule has 0 radical (unpaired) electrons. The number of carbonyl (C=O) groups excluding carboxylic acids is 2. The lowest BCUT2D eigenvalue weighted by Gasteiger charge is -2.28. The van der Waals surface area contributed by atoms with Crippen LogP contribution in [-0.2, 0) is 25.6 Å². The van der Waals surface area contributed by atoms with Crippen molar-refractivity contribution in [1.82, 2.24) is 0 Å². The highest BCUT2D eigenvalue weighted by Gasteiger charge is 2.24. The van der Waals surface area contributed by atoms with Crippen LogP contribution in [0.4, 0.5) is 11.4 Å². The number of unbranched alkanes of at least 4 members (excludes halogenated alkanes) is 5. The number of anilines is 2. The molecule has 206 valence electrons. The number of hydrogen-bond donors (Lipinski definition) is 2. The van der Waals surface area contributed by atoms with Crippen LogP contribution in [0.2, 0.25) is 0 Å². The first-order valence-electron chi connectivity index (χ1n) is 13.9. The highest BCUT2D eigenvalue weighted by molar-refractivity contribution is 5.90. The molecular weight excluding hydrogens is 480 g/mol. The third-order valence-corrected chi connectivity index (χ3v) is 6.84. The molecule has 38 heavy (non-hydrogen) atoms. The molecule has 2 aromatic rings. The van der Waals surface area contributed by atoms with E-state index in [1.54, 1.807) is 48.5 Å². The number of benzene rings is 2. The third-order valence-electron chi connectivity index (χ3n) is 6.84. The summed E-state index contributed by atoms with van der Waals surface area (Å²) in [4.78, 5) is 24.6. The zero-order valence-corrected chi connectivity index (χ0v) is 22.5. The first-order chi connectivity index (χ1) is 18.4. The molecule has 0 heterocycles. The van der Waals surface area contributed by atoms with Crippen molar-refractivity contribution >= 4 is 29.4 Å². The third kappa shape index (κ3) is 10.2. The van der Waals surface area contributed by atoms with Gasteiger partial charge in [-0.3, -0.25) is 0 Å². The molecule has 0 aromatic heterocycles. The second kappa shape index (κ2) is 15.8. The minimum Gasteiger partial charge on any atom is -0.459 e. The molecule has 3 rings (SSSR count). The largest absolute Gasteiger partial charge is 0.459 e. The van der Waals surface area contributed by atoms with Gasteiger partial charge in [-0.25, -0.2) is 9.59 Å². The van der Waals surface area contributed by atoms with E-state index in [1.807, 2.05) is 0 Å². The summed E-state index contributed by atoms with van der Waals surface area (Å²) < 4.78 is 17.0. The van der Waals surface area contributed by atoms with Gasteiger partial charge in [-0.15, -0.1) is 0 Å². The molecule has 1 aliphatic rings. The normalized spacial score (nSPS) is 17.4. The van der Waals surface area contributed by atoms with Crippen molar-refractivity contribution in [2.45, 2.75) is 89.9 Å². The average molecular weight is 523 g/mol. The van der Waals surface area contributed by atoms with Crippen LogP contribution < -0.4 is 11.5 Å². The Labute approximate surface area is 226 Å². The van der Waals surface area contributed by atoms with Gasteiger partial charge in [0.2, 0.25) is 0 Å². The fourth-order valence-corrected chi connectivity index (χ4v) is 4.51. The first-order valence-corrected chi connectivity index (χ1v) is 13.9. The topological polar surface area (TPSA) is 114 Å². The standard InChI is InChI=1S/C31H42N2O5/c1-2-3-4-5-6-7-20-36-27-15-17-28(18-16-27)38-31(35)24-11-8-23(9-12-24)10-19-30(34)37-22-25-13-14-26(32)21-29(25)33/h8-14,19,21,27-28H,2-7,15-18,20,22,32-33H2,1H3. The van der Waals surface area contributed by atoms with E-state index in [0.29, 0.717) is 22.5 Å². The van der Waals surface area contributed by atoms with Crippen LogP contribution in [0, 0.1) is 0 Å². The number of nitrogens with two attached hydrogens (primary N) is 2. The van der Waals surface area contributed by atoms with Crippen LogP contribution in [-0.4, -0.2) is 30.8 Å². The van der Waals surface area contributed by atoms with Crippen molar-refractivity contribution in [2.24, 2.45) is 0 Å². The van der Waals surface area contributed by atoms with Crippen molar-refractivity contribution in [1.29, 1.82) is 0 Å². The molecule has 1 aliphatic carbocycles. The van der Waals surface area contributed by atoms with E-state index in [4.69, 9.17) is 25.7 Å². The van der Waals surface area contributed by atoms with Gasteiger partial charge in [0.1, 0.15) is 12.7 Å². The molecule has 2 aromatic carbocycles. The first kappa shape index (κ1) is 29.2. The lowest BCUT2D eigenvalue weighted by molar-refractivity contribution is -0.138.